The Morgan fingerprint density at radius 2 is 1.84 bits per heavy atom. The molecule has 6 nitrogen and oxygen atoms in total. The van der Waals surface area contributed by atoms with E-state index in [1.165, 1.54) is 12.1 Å². The Balaban J connectivity index is 1.53. The molecule has 2 unspecified atom stereocenters. The number of aromatic nitrogens is 1. The molecule has 160 valence electrons. The average molecular weight is 422 g/mol. The third kappa shape index (κ3) is 4.30. The maximum atomic E-state index is 13.4. The summed E-state index contributed by atoms with van der Waals surface area (Å²) >= 11 is 0. The molecule has 4 rings (SSSR count). The van der Waals surface area contributed by atoms with Gasteiger partial charge in [-0.05, 0) is 36.2 Å². The van der Waals surface area contributed by atoms with Crippen molar-refractivity contribution in [2.75, 3.05) is 26.1 Å². The highest BCUT2D eigenvalue weighted by atomic mass is 19.1. The van der Waals surface area contributed by atoms with E-state index in [0.29, 0.717) is 30.3 Å². The van der Waals surface area contributed by atoms with Crippen molar-refractivity contribution in [2.24, 2.45) is 5.92 Å². The second-order valence-electron chi connectivity index (χ2n) is 7.42. The van der Waals surface area contributed by atoms with Crippen molar-refractivity contribution in [3.05, 3.63) is 78.2 Å². The lowest BCUT2D eigenvalue weighted by Crippen LogP contribution is -2.26. The van der Waals surface area contributed by atoms with Gasteiger partial charge in [-0.1, -0.05) is 36.4 Å². The molecule has 0 spiro atoms. The number of anilines is 1. The van der Waals surface area contributed by atoms with Crippen LogP contribution in [0, 0.1) is 11.9 Å². The number of hydrogen-bond acceptors (Lipinski definition) is 5. The fourth-order valence-corrected chi connectivity index (χ4v) is 3.79. The zero-order chi connectivity index (χ0) is 21.8. The molecule has 0 aliphatic heterocycles. The van der Waals surface area contributed by atoms with E-state index in [0.717, 1.165) is 5.56 Å². The van der Waals surface area contributed by atoms with Gasteiger partial charge in [0.05, 0.1) is 26.7 Å². The van der Waals surface area contributed by atoms with Gasteiger partial charge in [-0.3, -0.25) is 4.79 Å². The van der Waals surface area contributed by atoms with Gasteiger partial charge in [-0.25, -0.2) is 4.98 Å². The summed E-state index contributed by atoms with van der Waals surface area (Å²) in [6, 6.07) is 19.4. The molecule has 2 aromatic carbocycles. The first-order valence-corrected chi connectivity index (χ1v) is 9.89. The third-order valence-electron chi connectivity index (χ3n) is 5.56. The average Bonchev–Trinajstić information content (AvgIpc) is 3.54. The smallest absolute Gasteiger partial charge is 0.229 e. The van der Waals surface area contributed by atoms with Gasteiger partial charge in [-0.2, -0.15) is 4.39 Å². The summed E-state index contributed by atoms with van der Waals surface area (Å²) in [6.45, 7) is 0.307. The van der Waals surface area contributed by atoms with E-state index in [2.05, 4.69) is 10.3 Å². The number of methoxy groups -OCH3 is 2. The van der Waals surface area contributed by atoms with Gasteiger partial charge in [0.15, 0.2) is 11.5 Å². The second kappa shape index (κ2) is 8.63. The summed E-state index contributed by atoms with van der Waals surface area (Å²) in [5.74, 6) is 0.818. The number of benzene rings is 2. The van der Waals surface area contributed by atoms with Crippen LogP contribution < -0.4 is 19.5 Å². The van der Waals surface area contributed by atoms with Gasteiger partial charge < -0.3 is 19.5 Å². The highest BCUT2D eigenvalue weighted by molar-refractivity contribution is 5.95. The van der Waals surface area contributed by atoms with Crippen molar-refractivity contribution >= 4 is 11.7 Å². The summed E-state index contributed by atoms with van der Waals surface area (Å²) in [5, 5.41) is 2.72. The van der Waals surface area contributed by atoms with E-state index in [4.69, 9.17) is 14.2 Å². The normalized spacial score (nSPS) is 19.4. The summed E-state index contributed by atoms with van der Waals surface area (Å²) in [5.41, 5.74) is 0.536. The summed E-state index contributed by atoms with van der Waals surface area (Å²) in [6.07, 6.45) is 0.617. The van der Waals surface area contributed by atoms with Crippen LogP contribution in [-0.4, -0.2) is 31.7 Å². The zero-order valence-electron chi connectivity index (χ0n) is 17.3. The van der Waals surface area contributed by atoms with Crippen molar-refractivity contribution in [2.45, 2.75) is 11.8 Å². The Kier molecular flexibility index (Phi) is 5.75. The zero-order valence-corrected chi connectivity index (χ0v) is 17.3. The molecule has 31 heavy (non-hydrogen) atoms. The van der Waals surface area contributed by atoms with Crippen LogP contribution in [0.1, 0.15) is 12.0 Å². The number of rotatable bonds is 8. The minimum atomic E-state index is -0.639. The minimum absolute atomic E-state index is 0.194. The van der Waals surface area contributed by atoms with Crippen LogP contribution in [0.5, 0.6) is 17.2 Å². The second-order valence-corrected chi connectivity index (χ2v) is 7.42. The maximum absolute atomic E-state index is 13.4. The Morgan fingerprint density at radius 1 is 1.06 bits per heavy atom. The molecule has 1 amide bonds. The fourth-order valence-electron chi connectivity index (χ4n) is 3.79. The highest BCUT2D eigenvalue weighted by Crippen LogP contribution is 2.55. The predicted octanol–water partition coefficient (Wildman–Crippen LogP) is 4.21. The van der Waals surface area contributed by atoms with Crippen molar-refractivity contribution < 1.29 is 23.4 Å². The SMILES string of the molecule is COc1ccc(OCC2(c3ccccc3)CC2C(=O)Nc2cccc(F)n2)cc1OC. The summed E-state index contributed by atoms with van der Waals surface area (Å²) in [4.78, 5) is 16.6. The first-order valence-electron chi connectivity index (χ1n) is 9.89. The maximum Gasteiger partial charge on any atom is 0.229 e. The number of pyridine rings is 1. The molecule has 1 aliphatic rings. The molecule has 7 heteroatoms. The molecular weight excluding hydrogens is 399 g/mol. The van der Waals surface area contributed by atoms with Crippen LogP contribution in [-0.2, 0) is 10.2 Å². The molecule has 1 aliphatic carbocycles. The number of carbonyl (C=O) groups excluding carboxylic acids is 1. The van der Waals surface area contributed by atoms with Gasteiger partial charge in [0, 0.05) is 11.5 Å². The first-order chi connectivity index (χ1) is 15.1. The molecule has 3 aromatic rings. The van der Waals surface area contributed by atoms with Gasteiger partial charge in [-0.15, -0.1) is 0 Å². The van der Waals surface area contributed by atoms with Crippen LogP contribution >= 0.6 is 0 Å². The quantitative estimate of drug-likeness (QED) is 0.551. The number of hydrogen-bond donors (Lipinski definition) is 1. The van der Waals surface area contributed by atoms with E-state index < -0.39 is 11.4 Å². The molecular formula is C24H23FN2O4. The summed E-state index contributed by atoms with van der Waals surface area (Å²) < 4.78 is 30.1. The number of halogens is 1. The third-order valence-corrected chi connectivity index (χ3v) is 5.56. The molecule has 0 radical (unpaired) electrons. The molecule has 1 N–H and O–H groups in total. The number of carbonyl (C=O) groups is 1. The van der Waals surface area contributed by atoms with Crippen LogP contribution in [0.25, 0.3) is 0 Å². The lowest BCUT2D eigenvalue weighted by atomic mass is 9.93. The molecule has 2 atom stereocenters. The molecule has 0 bridgehead atoms. The van der Waals surface area contributed by atoms with Gasteiger partial charge >= 0.3 is 0 Å². The number of ether oxygens (including phenoxy) is 3. The van der Waals surface area contributed by atoms with Crippen LogP contribution in [0.3, 0.4) is 0 Å². The summed E-state index contributed by atoms with van der Waals surface area (Å²) in [7, 11) is 3.14. The standard InChI is InChI=1S/C24H23FN2O4/c1-29-19-12-11-17(13-20(19)30-2)31-15-24(16-7-4-3-5-8-16)14-18(24)23(28)27-22-10-6-9-21(25)26-22/h3-13,18H,14-15H2,1-2H3,(H,26,27,28). The van der Waals surface area contributed by atoms with Gasteiger partial charge in [0.2, 0.25) is 11.9 Å². The Labute approximate surface area is 180 Å². The predicted molar refractivity (Wildman–Crippen MR) is 114 cm³/mol. The molecule has 1 saturated carbocycles. The van der Waals surface area contributed by atoms with Crippen molar-refractivity contribution in [1.82, 2.24) is 4.98 Å². The largest absolute Gasteiger partial charge is 0.493 e. The topological polar surface area (TPSA) is 69.7 Å². The van der Waals surface area contributed by atoms with Gasteiger partial charge in [0.25, 0.3) is 0 Å². The van der Waals surface area contributed by atoms with Crippen LogP contribution in [0.4, 0.5) is 10.2 Å². The fraction of sp³-hybridized carbons (Fsp3) is 0.250. The first kappa shape index (κ1) is 20.7. The van der Waals surface area contributed by atoms with Gasteiger partial charge in [0.1, 0.15) is 11.6 Å². The number of nitrogens with one attached hydrogen (secondary N) is 1. The molecule has 1 heterocycles. The lowest BCUT2D eigenvalue weighted by Gasteiger charge is -2.19. The molecule has 1 aromatic heterocycles. The van der Waals surface area contributed by atoms with Crippen LogP contribution in [0.2, 0.25) is 0 Å². The number of amides is 1. The Morgan fingerprint density at radius 3 is 2.55 bits per heavy atom. The lowest BCUT2D eigenvalue weighted by molar-refractivity contribution is -0.117. The molecule has 1 fully saturated rings. The van der Waals surface area contributed by atoms with Crippen LogP contribution in [0.15, 0.2) is 66.7 Å². The van der Waals surface area contributed by atoms with E-state index >= 15 is 0 Å². The van der Waals surface area contributed by atoms with Crippen molar-refractivity contribution in [3.63, 3.8) is 0 Å². The minimum Gasteiger partial charge on any atom is -0.493 e. The van der Waals surface area contributed by atoms with Crippen molar-refractivity contribution in [1.29, 1.82) is 0 Å². The van der Waals surface area contributed by atoms with E-state index in [1.54, 1.807) is 38.5 Å². The van der Waals surface area contributed by atoms with Crippen molar-refractivity contribution in [3.8, 4) is 17.2 Å². The van der Waals surface area contributed by atoms with E-state index in [-0.39, 0.29) is 17.6 Å². The Hall–Kier alpha value is -3.61. The monoisotopic (exact) mass is 422 g/mol. The molecule has 0 saturated heterocycles. The van der Waals surface area contributed by atoms with E-state index in [1.807, 2.05) is 30.3 Å². The highest BCUT2D eigenvalue weighted by Gasteiger charge is 2.60. The van der Waals surface area contributed by atoms with E-state index in [9.17, 15) is 9.18 Å². The Bertz CT molecular complexity index is 1080. The number of nitrogens with zero attached hydrogens (tertiary/aromatic N) is 1.